The highest BCUT2D eigenvalue weighted by Crippen LogP contribution is 2.08. The number of pyridine rings is 1. The number of carbonyl (C=O) groups is 1. The van der Waals surface area contributed by atoms with Crippen LogP contribution in [0.5, 0.6) is 0 Å². The van der Waals surface area contributed by atoms with Crippen molar-refractivity contribution in [2.75, 3.05) is 7.05 Å². The second-order valence-electron chi connectivity index (χ2n) is 2.50. The fourth-order valence-electron chi connectivity index (χ4n) is 0.803. The summed E-state index contributed by atoms with van der Waals surface area (Å²) in [5, 5.41) is 2.33. The number of rotatable bonds is 2. The zero-order valence-electron chi connectivity index (χ0n) is 7.46. The largest absolute Gasteiger partial charge is 0.445 e. The van der Waals surface area contributed by atoms with Crippen molar-refractivity contribution in [2.24, 2.45) is 0 Å². The Morgan fingerprint density at radius 2 is 2.43 bits per heavy atom. The number of ether oxygens (including phenoxy) is 1. The minimum atomic E-state index is -0.494. The zero-order chi connectivity index (χ0) is 10.6. The van der Waals surface area contributed by atoms with Gasteiger partial charge >= 0.3 is 6.09 Å². The molecule has 0 saturated carbocycles. The third-order valence-corrected chi connectivity index (χ3v) is 2.52. The van der Waals surface area contributed by atoms with Crippen LogP contribution in [-0.2, 0) is 11.3 Å². The van der Waals surface area contributed by atoms with Crippen LogP contribution in [0.4, 0.5) is 4.79 Å². The van der Waals surface area contributed by atoms with Gasteiger partial charge in [0.05, 0.1) is 0 Å². The van der Waals surface area contributed by atoms with Crippen molar-refractivity contribution in [3.05, 3.63) is 31.8 Å². The molecule has 0 radical (unpaired) electrons. The molecule has 6 heteroatoms. The van der Waals surface area contributed by atoms with Crippen molar-refractivity contribution < 1.29 is 9.53 Å². The number of aromatic nitrogens is 1. The van der Waals surface area contributed by atoms with E-state index >= 15 is 0 Å². The summed E-state index contributed by atoms with van der Waals surface area (Å²) in [5.74, 6) is 0. The molecule has 0 aliphatic rings. The predicted molar refractivity (Wildman–Crippen MR) is 59.0 cm³/mol. The summed E-state index contributed by atoms with van der Waals surface area (Å²) in [6.07, 6.45) is 1.04. The Morgan fingerprint density at radius 3 is 3.00 bits per heavy atom. The van der Waals surface area contributed by atoms with E-state index in [1.165, 1.54) is 19.3 Å². The number of hydrogen-bond donors (Lipinski definition) is 2. The second kappa shape index (κ2) is 4.99. The van der Waals surface area contributed by atoms with Crippen LogP contribution in [0.2, 0.25) is 0 Å². The smallest absolute Gasteiger partial charge is 0.407 e. The van der Waals surface area contributed by atoms with Crippen LogP contribution in [0.1, 0.15) is 5.56 Å². The summed E-state index contributed by atoms with van der Waals surface area (Å²) in [7, 11) is 1.49. The molecule has 1 aromatic rings. The molecule has 0 saturated heterocycles. The van der Waals surface area contributed by atoms with Crippen molar-refractivity contribution >= 4 is 28.7 Å². The second-order valence-corrected chi connectivity index (χ2v) is 3.66. The molecule has 0 spiro atoms. The highest BCUT2D eigenvalue weighted by molar-refractivity contribution is 14.1. The van der Waals surface area contributed by atoms with E-state index in [1.807, 2.05) is 22.6 Å². The highest BCUT2D eigenvalue weighted by Gasteiger charge is 2.03. The number of alkyl carbamates (subject to hydrolysis) is 1. The molecular formula is C8H9IN2O3. The van der Waals surface area contributed by atoms with E-state index in [-0.39, 0.29) is 12.2 Å². The zero-order valence-corrected chi connectivity index (χ0v) is 9.62. The van der Waals surface area contributed by atoms with Crippen LogP contribution in [0, 0.1) is 3.57 Å². The van der Waals surface area contributed by atoms with Gasteiger partial charge in [0.2, 0.25) is 5.56 Å². The van der Waals surface area contributed by atoms with Gasteiger partial charge in [-0.05, 0) is 22.6 Å². The normalized spacial score (nSPS) is 9.57. The summed E-state index contributed by atoms with van der Waals surface area (Å²) in [4.78, 5) is 24.1. The fraction of sp³-hybridized carbons (Fsp3) is 0.250. The maximum absolute atomic E-state index is 10.9. The molecule has 76 valence electrons. The Morgan fingerprint density at radius 1 is 1.71 bits per heavy atom. The third kappa shape index (κ3) is 3.02. The summed E-state index contributed by atoms with van der Waals surface area (Å²) in [6.45, 7) is 0.148. The molecule has 1 heterocycles. The molecule has 0 fully saturated rings. The van der Waals surface area contributed by atoms with E-state index in [4.69, 9.17) is 4.74 Å². The molecule has 0 atom stereocenters. The standard InChI is InChI=1S/C8H9IN2O3/c1-10-8(13)14-4-5-3-11-7(12)2-6(5)9/h2-3H,4H2,1H3,(H,10,13)(H,11,12). The Balaban J connectivity index is 2.68. The number of halogens is 1. The van der Waals surface area contributed by atoms with Crippen molar-refractivity contribution in [3.63, 3.8) is 0 Å². The molecule has 5 nitrogen and oxygen atoms in total. The van der Waals surface area contributed by atoms with Gasteiger partial charge in [-0.15, -0.1) is 0 Å². The number of aromatic amines is 1. The molecule has 1 rings (SSSR count). The van der Waals surface area contributed by atoms with Gasteiger partial charge in [-0.3, -0.25) is 4.79 Å². The van der Waals surface area contributed by atoms with E-state index in [0.29, 0.717) is 0 Å². The average Bonchev–Trinajstić information content (AvgIpc) is 2.16. The number of amides is 1. The number of carbonyl (C=O) groups excluding carboxylic acids is 1. The molecule has 2 N–H and O–H groups in total. The minimum absolute atomic E-state index is 0.148. The minimum Gasteiger partial charge on any atom is -0.445 e. The van der Waals surface area contributed by atoms with E-state index in [0.717, 1.165) is 9.13 Å². The lowest BCUT2D eigenvalue weighted by Gasteiger charge is -2.04. The quantitative estimate of drug-likeness (QED) is 0.795. The van der Waals surface area contributed by atoms with Crippen LogP contribution in [0.25, 0.3) is 0 Å². The van der Waals surface area contributed by atoms with Gasteiger partial charge in [0.15, 0.2) is 0 Å². The van der Waals surface area contributed by atoms with Gasteiger partial charge in [-0.25, -0.2) is 4.79 Å². The highest BCUT2D eigenvalue weighted by atomic mass is 127. The fourth-order valence-corrected chi connectivity index (χ4v) is 1.40. The molecule has 1 amide bonds. The first kappa shape index (κ1) is 11.0. The maximum atomic E-state index is 10.9. The van der Waals surface area contributed by atoms with Gasteiger partial charge in [-0.1, -0.05) is 0 Å². The van der Waals surface area contributed by atoms with Gasteiger partial charge in [-0.2, -0.15) is 0 Å². The molecule has 0 bridgehead atoms. The molecular weight excluding hydrogens is 299 g/mol. The van der Waals surface area contributed by atoms with Crippen LogP contribution >= 0.6 is 22.6 Å². The molecule has 0 unspecified atom stereocenters. The maximum Gasteiger partial charge on any atom is 0.407 e. The summed E-state index contributed by atoms with van der Waals surface area (Å²) >= 11 is 2.01. The Kier molecular flexibility index (Phi) is 3.93. The van der Waals surface area contributed by atoms with Gasteiger partial charge < -0.3 is 15.0 Å². The van der Waals surface area contributed by atoms with E-state index in [9.17, 15) is 9.59 Å². The monoisotopic (exact) mass is 308 g/mol. The summed E-state index contributed by atoms with van der Waals surface area (Å²) in [6, 6.07) is 1.45. The van der Waals surface area contributed by atoms with Gasteiger partial charge in [0.25, 0.3) is 0 Å². The van der Waals surface area contributed by atoms with Gasteiger partial charge in [0, 0.05) is 28.4 Å². The van der Waals surface area contributed by atoms with Crippen LogP contribution in [0.3, 0.4) is 0 Å². The van der Waals surface area contributed by atoms with Crippen molar-refractivity contribution in [1.82, 2.24) is 10.3 Å². The number of hydrogen-bond acceptors (Lipinski definition) is 3. The van der Waals surface area contributed by atoms with E-state index in [2.05, 4.69) is 10.3 Å². The van der Waals surface area contributed by atoms with Gasteiger partial charge in [0.1, 0.15) is 6.61 Å². The summed E-state index contributed by atoms with van der Waals surface area (Å²) in [5.41, 5.74) is 0.604. The lowest BCUT2D eigenvalue weighted by molar-refractivity contribution is 0.141. The van der Waals surface area contributed by atoms with Crippen molar-refractivity contribution in [2.45, 2.75) is 6.61 Å². The molecule has 14 heavy (non-hydrogen) atoms. The first-order chi connectivity index (χ1) is 6.63. The van der Waals surface area contributed by atoms with Crippen LogP contribution in [0.15, 0.2) is 17.1 Å². The molecule has 0 aromatic carbocycles. The SMILES string of the molecule is CNC(=O)OCc1c[nH]c(=O)cc1I. The first-order valence-electron chi connectivity index (χ1n) is 3.85. The molecule has 0 aliphatic heterocycles. The Hall–Kier alpha value is -1.05. The number of H-pyrrole nitrogens is 1. The molecule has 1 aromatic heterocycles. The predicted octanol–water partition coefficient (Wildman–Crippen LogP) is 0.836. The average molecular weight is 308 g/mol. The Labute approximate surface area is 94.0 Å². The van der Waals surface area contributed by atoms with Crippen molar-refractivity contribution in [3.8, 4) is 0 Å². The van der Waals surface area contributed by atoms with Crippen LogP contribution < -0.4 is 10.9 Å². The third-order valence-electron chi connectivity index (χ3n) is 1.52. The lowest BCUT2D eigenvalue weighted by Crippen LogP contribution is -2.19. The molecule has 0 aliphatic carbocycles. The topological polar surface area (TPSA) is 71.2 Å². The Bertz CT molecular complexity index is 388. The van der Waals surface area contributed by atoms with Crippen molar-refractivity contribution in [1.29, 1.82) is 0 Å². The van der Waals surface area contributed by atoms with E-state index < -0.39 is 6.09 Å². The van der Waals surface area contributed by atoms with Crippen LogP contribution in [-0.4, -0.2) is 18.1 Å². The first-order valence-corrected chi connectivity index (χ1v) is 4.93. The lowest BCUT2D eigenvalue weighted by atomic mass is 10.3. The van der Waals surface area contributed by atoms with E-state index in [1.54, 1.807) is 0 Å². The number of nitrogens with one attached hydrogen (secondary N) is 2. The summed E-state index contributed by atoms with van der Waals surface area (Å²) < 4.78 is 5.59.